The van der Waals surface area contributed by atoms with Crippen LogP contribution in [0.3, 0.4) is 0 Å². The third-order valence-corrected chi connectivity index (χ3v) is 5.57. The number of carbonyl (C=O) groups excluding carboxylic acids is 2. The minimum absolute atomic E-state index is 0.138. The molecule has 1 atom stereocenters. The van der Waals surface area contributed by atoms with Crippen molar-refractivity contribution in [1.82, 2.24) is 9.55 Å². The average Bonchev–Trinajstić information content (AvgIpc) is 3.33. The number of anilines is 2. The monoisotopic (exact) mass is 360 g/mol. The van der Waals surface area contributed by atoms with Crippen molar-refractivity contribution in [2.24, 2.45) is 0 Å². The summed E-state index contributed by atoms with van der Waals surface area (Å²) in [5.41, 5.74) is 3.71. The Bertz CT molecular complexity index is 1070. The first-order valence-electron chi connectivity index (χ1n) is 9.35. The third-order valence-electron chi connectivity index (χ3n) is 5.57. The number of nitrogens with zero attached hydrogens (tertiary/aromatic N) is 4. The number of imide groups is 1. The van der Waals surface area contributed by atoms with Crippen molar-refractivity contribution >= 4 is 34.5 Å². The lowest BCUT2D eigenvalue weighted by molar-refractivity contribution is -0.121. The minimum Gasteiger partial charge on any atom is -0.328 e. The van der Waals surface area contributed by atoms with Crippen LogP contribution in [0.5, 0.6) is 0 Å². The van der Waals surface area contributed by atoms with Gasteiger partial charge >= 0.3 is 0 Å². The van der Waals surface area contributed by atoms with E-state index in [9.17, 15) is 9.59 Å². The fourth-order valence-electron chi connectivity index (χ4n) is 4.25. The van der Waals surface area contributed by atoms with E-state index in [1.807, 2.05) is 60.4 Å². The second-order valence-electron chi connectivity index (χ2n) is 7.02. The van der Waals surface area contributed by atoms with Crippen LogP contribution < -0.4 is 9.80 Å². The molecule has 2 aliphatic rings. The molecule has 0 N–H and O–H groups in total. The predicted octanol–water partition coefficient (Wildman–Crippen LogP) is 2.75. The zero-order valence-corrected chi connectivity index (χ0v) is 15.1. The van der Waals surface area contributed by atoms with Crippen LogP contribution in [0.1, 0.15) is 18.9 Å². The van der Waals surface area contributed by atoms with E-state index in [0.29, 0.717) is 12.2 Å². The van der Waals surface area contributed by atoms with Crippen LogP contribution in [0.15, 0.2) is 48.5 Å². The Kier molecular flexibility index (Phi) is 3.53. The smallest absolute Gasteiger partial charge is 0.257 e. The fourth-order valence-corrected chi connectivity index (χ4v) is 4.25. The van der Waals surface area contributed by atoms with Gasteiger partial charge in [-0.25, -0.2) is 9.88 Å². The van der Waals surface area contributed by atoms with E-state index < -0.39 is 6.04 Å². The van der Waals surface area contributed by atoms with Crippen molar-refractivity contribution in [2.45, 2.75) is 32.4 Å². The Morgan fingerprint density at radius 3 is 2.67 bits per heavy atom. The summed E-state index contributed by atoms with van der Waals surface area (Å²) >= 11 is 0. The molecule has 6 heteroatoms. The molecule has 0 saturated carbocycles. The molecule has 3 heterocycles. The van der Waals surface area contributed by atoms with Crippen LogP contribution in [0.2, 0.25) is 0 Å². The molecular weight excluding hydrogens is 340 g/mol. The molecule has 1 aromatic heterocycles. The van der Waals surface area contributed by atoms with E-state index in [1.165, 1.54) is 4.90 Å². The first-order chi connectivity index (χ1) is 13.2. The molecule has 27 heavy (non-hydrogen) atoms. The maximum absolute atomic E-state index is 13.2. The SMILES string of the molecule is CCc1ccccc1N1C(=O)CC(N2CCn3c2nc2ccccc23)C1=O. The Balaban J connectivity index is 1.52. The van der Waals surface area contributed by atoms with Crippen LogP contribution in [0, 0.1) is 0 Å². The molecule has 6 nitrogen and oxygen atoms in total. The van der Waals surface area contributed by atoms with Gasteiger partial charge in [-0.15, -0.1) is 0 Å². The van der Waals surface area contributed by atoms with Crippen molar-refractivity contribution in [2.75, 3.05) is 16.3 Å². The molecule has 3 aromatic rings. The van der Waals surface area contributed by atoms with Crippen molar-refractivity contribution in [3.05, 3.63) is 54.1 Å². The van der Waals surface area contributed by atoms with Crippen molar-refractivity contribution in [1.29, 1.82) is 0 Å². The standard InChI is InChI=1S/C21H20N4O2/c1-2-14-7-3-5-9-16(14)25-19(26)13-18(20(25)27)24-12-11-23-17-10-6-4-8-15(17)22-21(23)24/h3-10,18H,2,11-13H2,1H3. The van der Waals surface area contributed by atoms with Crippen LogP contribution in [-0.4, -0.2) is 34.0 Å². The van der Waals surface area contributed by atoms with Gasteiger partial charge < -0.3 is 9.47 Å². The molecule has 0 radical (unpaired) electrons. The maximum atomic E-state index is 13.2. The van der Waals surface area contributed by atoms with Crippen LogP contribution in [0.25, 0.3) is 11.0 Å². The van der Waals surface area contributed by atoms with Gasteiger partial charge in [-0.1, -0.05) is 37.3 Å². The summed E-state index contributed by atoms with van der Waals surface area (Å²) in [5.74, 6) is 0.495. The highest BCUT2D eigenvalue weighted by atomic mass is 16.2. The highest BCUT2D eigenvalue weighted by molar-refractivity contribution is 6.23. The Hall–Kier alpha value is -3.15. The number of imidazole rings is 1. The van der Waals surface area contributed by atoms with E-state index in [2.05, 4.69) is 4.57 Å². The summed E-state index contributed by atoms with van der Waals surface area (Å²) in [6.07, 6.45) is 0.970. The van der Waals surface area contributed by atoms with Crippen molar-refractivity contribution in [3.63, 3.8) is 0 Å². The van der Waals surface area contributed by atoms with Crippen molar-refractivity contribution < 1.29 is 9.59 Å². The van der Waals surface area contributed by atoms with Gasteiger partial charge in [0.2, 0.25) is 11.9 Å². The molecule has 2 amide bonds. The van der Waals surface area contributed by atoms with Crippen molar-refractivity contribution in [3.8, 4) is 0 Å². The van der Waals surface area contributed by atoms with Gasteiger partial charge in [-0.3, -0.25) is 9.59 Å². The number of hydrogen-bond donors (Lipinski definition) is 0. The van der Waals surface area contributed by atoms with Crippen LogP contribution >= 0.6 is 0 Å². The summed E-state index contributed by atoms with van der Waals surface area (Å²) in [6.45, 7) is 3.50. The number of carbonyl (C=O) groups is 2. The quantitative estimate of drug-likeness (QED) is 0.674. The van der Waals surface area contributed by atoms with Gasteiger partial charge in [0.05, 0.1) is 23.1 Å². The molecular formula is C21H20N4O2. The zero-order valence-electron chi connectivity index (χ0n) is 15.1. The zero-order chi connectivity index (χ0) is 18.5. The Morgan fingerprint density at radius 1 is 1.04 bits per heavy atom. The van der Waals surface area contributed by atoms with Gasteiger partial charge in [0.1, 0.15) is 6.04 Å². The highest BCUT2D eigenvalue weighted by Crippen LogP contribution is 2.34. The molecule has 2 aliphatic heterocycles. The summed E-state index contributed by atoms with van der Waals surface area (Å²) in [5, 5.41) is 0. The molecule has 1 fully saturated rings. The topological polar surface area (TPSA) is 58.4 Å². The van der Waals surface area contributed by atoms with E-state index in [0.717, 1.165) is 35.5 Å². The first-order valence-corrected chi connectivity index (χ1v) is 9.35. The molecule has 0 bridgehead atoms. The van der Waals surface area contributed by atoms with E-state index in [-0.39, 0.29) is 18.2 Å². The molecule has 1 saturated heterocycles. The Morgan fingerprint density at radius 2 is 1.81 bits per heavy atom. The lowest BCUT2D eigenvalue weighted by Crippen LogP contribution is -2.42. The van der Waals surface area contributed by atoms with E-state index >= 15 is 0 Å². The first kappa shape index (κ1) is 16.1. The number of aromatic nitrogens is 2. The van der Waals surface area contributed by atoms with Crippen LogP contribution in [-0.2, 0) is 22.6 Å². The highest BCUT2D eigenvalue weighted by Gasteiger charge is 2.45. The van der Waals surface area contributed by atoms with Gasteiger partial charge in [0.25, 0.3) is 5.91 Å². The summed E-state index contributed by atoms with van der Waals surface area (Å²) in [6, 6.07) is 15.1. The third kappa shape index (κ3) is 2.29. The molecule has 136 valence electrons. The molecule has 1 unspecified atom stereocenters. The van der Waals surface area contributed by atoms with E-state index in [4.69, 9.17) is 4.98 Å². The van der Waals surface area contributed by atoms with Crippen LogP contribution in [0.4, 0.5) is 11.6 Å². The molecule has 0 spiro atoms. The normalized spacial score (nSPS) is 19.4. The second-order valence-corrected chi connectivity index (χ2v) is 7.02. The van der Waals surface area contributed by atoms with Gasteiger partial charge in [0, 0.05) is 13.1 Å². The second kappa shape index (κ2) is 5.94. The number of hydrogen-bond acceptors (Lipinski definition) is 4. The lowest BCUT2D eigenvalue weighted by Gasteiger charge is -2.23. The molecule has 0 aliphatic carbocycles. The minimum atomic E-state index is -0.486. The number of aryl methyl sites for hydroxylation is 1. The van der Waals surface area contributed by atoms with E-state index in [1.54, 1.807) is 0 Å². The number of amides is 2. The van der Waals surface area contributed by atoms with Gasteiger partial charge in [-0.2, -0.15) is 0 Å². The number of para-hydroxylation sites is 3. The fraction of sp³-hybridized carbons (Fsp3) is 0.286. The number of benzene rings is 2. The molecule has 2 aromatic carbocycles. The predicted molar refractivity (Wildman–Crippen MR) is 104 cm³/mol. The average molecular weight is 360 g/mol. The maximum Gasteiger partial charge on any atom is 0.257 e. The number of fused-ring (bicyclic) bond motifs is 3. The van der Waals surface area contributed by atoms with Gasteiger partial charge in [-0.05, 0) is 30.2 Å². The summed E-state index contributed by atoms with van der Waals surface area (Å²) in [7, 11) is 0. The summed E-state index contributed by atoms with van der Waals surface area (Å²) < 4.78 is 2.13. The van der Waals surface area contributed by atoms with Gasteiger partial charge in [0.15, 0.2) is 0 Å². The Labute approximate surface area is 157 Å². The summed E-state index contributed by atoms with van der Waals surface area (Å²) in [4.78, 5) is 34.1. The number of rotatable bonds is 3. The largest absolute Gasteiger partial charge is 0.328 e. The molecule has 5 rings (SSSR count). The lowest BCUT2D eigenvalue weighted by atomic mass is 10.1.